The molecule has 0 N–H and O–H groups in total. The summed E-state index contributed by atoms with van der Waals surface area (Å²) in [5.41, 5.74) is 4.62. The lowest BCUT2D eigenvalue weighted by atomic mass is 9.87. The lowest BCUT2D eigenvalue weighted by Crippen LogP contribution is -2.08. The number of rotatable bonds is 3. The van der Waals surface area contributed by atoms with Crippen LogP contribution in [0.15, 0.2) is 91.0 Å². The van der Waals surface area contributed by atoms with E-state index in [4.69, 9.17) is 0 Å². The van der Waals surface area contributed by atoms with Crippen LogP contribution in [-0.4, -0.2) is 5.78 Å². The Hall–Kier alpha value is -3.63. The van der Waals surface area contributed by atoms with Crippen molar-refractivity contribution in [2.75, 3.05) is 0 Å². The van der Waals surface area contributed by atoms with Crippen LogP contribution in [0.1, 0.15) is 34.3 Å². The van der Waals surface area contributed by atoms with E-state index in [2.05, 4.69) is 42.2 Å². The lowest BCUT2D eigenvalue weighted by molar-refractivity contribution is 0.0968. The summed E-state index contributed by atoms with van der Waals surface area (Å²) in [7, 11) is 0. The number of fused-ring (bicyclic) bond motifs is 1. The summed E-state index contributed by atoms with van der Waals surface area (Å²) >= 11 is 0. The standard InChI is InChI=1S/C28H20O/c29-28(22-16-17-22)27-25(18-15-20-9-3-1-4-10-20)24-14-8-7-13-23(24)19-26(27)21-11-5-2-6-12-21/h1-14,19,22H,16-17H2. The molecular weight excluding hydrogens is 352 g/mol. The van der Waals surface area contributed by atoms with Crippen molar-refractivity contribution in [1.82, 2.24) is 0 Å². The highest BCUT2D eigenvalue weighted by Gasteiger charge is 2.33. The third kappa shape index (κ3) is 3.46. The summed E-state index contributed by atoms with van der Waals surface area (Å²) in [5.74, 6) is 7.02. The van der Waals surface area contributed by atoms with E-state index in [9.17, 15) is 4.79 Å². The predicted molar refractivity (Wildman–Crippen MR) is 119 cm³/mol. The van der Waals surface area contributed by atoms with Gasteiger partial charge in [-0.05, 0) is 52.9 Å². The van der Waals surface area contributed by atoms with Crippen molar-refractivity contribution in [1.29, 1.82) is 0 Å². The maximum Gasteiger partial charge on any atom is 0.167 e. The van der Waals surface area contributed by atoms with Crippen LogP contribution in [0.25, 0.3) is 21.9 Å². The highest BCUT2D eigenvalue weighted by atomic mass is 16.1. The molecule has 0 aliphatic heterocycles. The van der Waals surface area contributed by atoms with E-state index in [1.54, 1.807) is 0 Å². The average molecular weight is 372 g/mol. The van der Waals surface area contributed by atoms with Gasteiger partial charge in [-0.2, -0.15) is 0 Å². The van der Waals surface area contributed by atoms with Gasteiger partial charge in [0.1, 0.15) is 0 Å². The molecule has 1 nitrogen and oxygen atoms in total. The molecule has 0 spiro atoms. The van der Waals surface area contributed by atoms with Gasteiger partial charge in [-0.1, -0.05) is 84.6 Å². The van der Waals surface area contributed by atoms with E-state index in [1.807, 2.05) is 60.7 Å². The molecule has 0 saturated heterocycles. The first-order chi connectivity index (χ1) is 14.3. The van der Waals surface area contributed by atoms with Crippen LogP contribution in [0.2, 0.25) is 0 Å². The third-order valence-electron chi connectivity index (χ3n) is 5.43. The maximum atomic E-state index is 13.4. The van der Waals surface area contributed by atoms with E-state index in [1.165, 1.54) is 0 Å². The van der Waals surface area contributed by atoms with Crippen LogP contribution >= 0.6 is 0 Å². The molecule has 29 heavy (non-hydrogen) atoms. The highest BCUT2D eigenvalue weighted by Crippen LogP contribution is 2.39. The van der Waals surface area contributed by atoms with Crippen LogP contribution in [0, 0.1) is 17.8 Å². The predicted octanol–water partition coefficient (Wildman–Crippen LogP) is 6.50. The Kier molecular flexibility index (Phi) is 4.47. The molecule has 0 amide bonds. The van der Waals surface area contributed by atoms with Crippen LogP contribution in [-0.2, 0) is 0 Å². The van der Waals surface area contributed by atoms with Crippen molar-refractivity contribution < 1.29 is 4.79 Å². The van der Waals surface area contributed by atoms with Gasteiger partial charge < -0.3 is 0 Å². The first kappa shape index (κ1) is 17.5. The molecule has 1 aliphatic carbocycles. The van der Waals surface area contributed by atoms with Gasteiger partial charge in [-0.15, -0.1) is 0 Å². The van der Waals surface area contributed by atoms with Crippen LogP contribution < -0.4 is 0 Å². The zero-order valence-electron chi connectivity index (χ0n) is 16.1. The molecule has 0 aromatic heterocycles. The fourth-order valence-electron chi connectivity index (χ4n) is 3.78. The fourth-order valence-corrected chi connectivity index (χ4v) is 3.78. The minimum absolute atomic E-state index is 0.135. The number of carbonyl (C=O) groups is 1. The molecule has 0 bridgehead atoms. The van der Waals surface area contributed by atoms with Crippen molar-refractivity contribution >= 4 is 16.6 Å². The minimum Gasteiger partial charge on any atom is -0.294 e. The Morgan fingerprint density at radius 2 is 1.41 bits per heavy atom. The van der Waals surface area contributed by atoms with E-state index >= 15 is 0 Å². The van der Waals surface area contributed by atoms with Crippen molar-refractivity contribution in [3.63, 3.8) is 0 Å². The first-order valence-corrected chi connectivity index (χ1v) is 10.0. The summed E-state index contributed by atoms with van der Waals surface area (Å²) < 4.78 is 0. The maximum absolute atomic E-state index is 13.4. The molecule has 1 heteroatoms. The molecule has 0 heterocycles. The van der Waals surface area contributed by atoms with Crippen molar-refractivity contribution in [3.8, 4) is 23.0 Å². The number of benzene rings is 4. The molecule has 0 atom stereocenters. The van der Waals surface area contributed by atoms with Crippen LogP contribution in [0.4, 0.5) is 0 Å². The minimum atomic E-state index is 0.135. The second-order valence-electron chi connectivity index (χ2n) is 7.52. The SMILES string of the molecule is O=C(c1c(-c2ccccc2)cc2ccccc2c1C#Cc1ccccc1)C1CC1. The number of hydrogen-bond acceptors (Lipinski definition) is 1. The fraction of sp³-hybridized carbons (Fsp3) is 0.107. The summed E-state index contributed by atoms with van der Waals surface area (Å²) in [6.45, 7) is 0. The van der Waals surface area contributed by atoms with E-state index in [-0.39, 0.29) is 11.7 Å². The largest absolute Gasteiger partial charge is 0.294 e. The number of Topliss-reactive ketones (excluding diaryl/α,β-unsaturated/α-hetero) is 1. The molecule has 0 unspecified atom stereocenters. The smallest absolute Gasteiger partial charge is 0.167 e. The second kappa shape index (κ2) is 7.41. The molecule has 1 fully saturated rings. The Labute approximate surface area is 171 Å². The molecule has 138 valence electrons. The van der Waals surface area contributed by atoms with Gasteiger partial charge in [-0.25, -0.2) is 0 Å². The monoisotopic (exact) mass is 372 g/mol. The molecule has 4 aromatic rings. The van der Waals surface area contributed by atoms with E-state index in [0.717, 1.165) is 51.4 Å². The Morgan fingerprint density at radius 3 is 2.14 bits per heavy atom. The summed E-state index contributed by atoms with van der Waals surface area (Å²) in [5, 5.41) is 2.15. The number of ketones is 1. The van der Waals surface area contributed by atoms with Gasteiger partial charge in [0.05, 0.1) is 0 Å². The van der Waals surface area contributed by atoms with Gasteiger partial charge in [-0.3, -0.25) is 4.79 Å². The highest BCUT2D eigenvalue weighted by molar-refractivity contribution is 6.12. The van der Waals surface area contributed by atoms with Crippen LogP contribution in [0.3, 0.4) is 0 Å². The molecule has 1 saturated carbocycles. The molecule has 1 aliphatic rings. The third-order valence-corrected chi connectivity index (χ3v) is 5.43. The first-order valence-electron chi connectivity index (χ1n) is 10.0. The summed E-state index contributed by atoms with van der Waals surface area (Å²) in [4.78, 5) is 13.4. The van der Waals surface area contributed by atoms with Crippen LogP contribution in [0.5, 0.6) is 0 Å². The molecular formula is C28H20O. The summed E-state index contributed by atoms with van der Waals surface area (Å²) in [6, 6.07) is 30.5. The van der Waals surface area contributed by atoms with Gasteiger partial charge in [0.25, 0.3) is 0 Å². The van der Waals surface area contributed by atoms with Gasteiger partial charge in [0.15, 0.2) is 5.78 Å². The number of hydrogen-bond donors (Lipinski definition) is 0. The lowest BCUT2D eigenvalue weighted by Gasteiger charge is -2.15. The van der Waals surface area contributed by atoms with E-state index in [0.29, 0.717) is 0 Å². The topological polar surface area (TPSA) is 17.1 Å². The molecule has 5 rings (SSSR count). The second-order valence-corrected chi connectivity index (χ2v) is 7.52. The van der Waals surface area contributed by atoms with Gasteiger partial charge >= 0.3 is 0 Å². The molecule has 0 radical (unpaired) electrons. The number of carbonyl (C=O) groups excluding carboxylic acids is 1. The Morgan fingerprint density at radius 1 is 0.759 bits per heavy atom. The average Bonchev–Trinajstić information content (AvgIpc) is 3.63. The van der Waals surface area contributed by atoms with Gasteiger partial charge in [0, 0.05) is 22.6 Å². The van der Waals surface area contributed by atoms with Crippen molar-refractivity contribution in [2.45, 2.75) is 12.8 Å². The molecule has 4 aromatic carbocycles. The van der Waals surface area contributed by atoms with Crippen molar-refractivity contribution in [3.05, 3.63) is 108 Å². The van der Waals surface area contributed by atoms with E-state index < -0.39 is 0 Å². The summed E-state index contributed by atoms with van der Waals surface area (Å²) in [6.07, 6.45) is 1.96. The quantitative estimate of drug-likeness (QED) is 0.296. The zero-order valence-corrected chi connectivity index (χ0v) is 16.1. The normalized spacial score (nSPS) is 13.0. The van der Waals surface area contributed by atoms with Gasteiger partial charge in [0.2, 0.25) is 0 Å². The Balaban J connectivity index is 1.82. The zero-order chi connectivity index (χ0) is 19.6. The van der Waals surface area contributed by atoms with Crippen molar-refractivity contribution in [2.24, 2.45) is 5.92 Å². The Bertz CT molecular complexity index is 1250.